The molecule has 0 fully saturated rings. The van der Waals surface area contributed by atoms with Crippen molar-refractivity contribution in [3.8, 4) is 0 Å². The van der Waals surface area contributed by atoms with Crippen molar-refractivity contribution in [3.05, 3.63) is 41.6 Å². The molecule has 2 rings (SSSR count). The Kier molecular flexibility index (Phi) is 2.34. The summed E-state index contributed by atoms with van der Waals surface area (Å²) in [5.41, 5.74) is 3.00. The van der Waals surface area contributed by atoms with E-state index in [4.69, 9.17) is 0 Å². The fourth-order valence-electron chi connectivity index (χ4n) is 2.29. The van der Waals surface area contributed by atoms with Crippen molar-refractivity contribution in [2.75, 3.05) is 0 Å². The summed E-state index contributed by atoms with van der Waals surface area (Å²) >= 11 is 0. The molecule has 1 aromatic carbocycles. The molecule has 2 aromatic rings. The van der Waals surface area contributed by atoms with Crippen LogP contribution >= 0.6 is 0 Å². The maximum absolute atomic E-state index is 13.7. The van der Waals surface area contributed by atoms with Gasteiger partial charge in [0.25, 0.3) is 0 Å². The Morgan fingerprint density at radius 1 is 1.31 bits per heavy atom. The summed E-state index contributed by atoms with van der Waals surface area (Å²) in [7, 11) is 1.76. The van der Waals surface area contributed by atoms with Gasteiger partial charge in [-0.05, 0) is 31.1 Å². The van der Waals surface area contributed by atoms with Crippen molar-refractivity contribution < 1.29 is 8.78 Å². The van der Waals surface area contributed by atoms with E-state index in [-0.39, 0.29) is 0 Å². The Morgan fingerprint density at radius 2 is 1.94 bits per heavy atom. The second-order valence-electron chi connectivity index (χ2n) is 4.10. The van der Waals surface area contributed by atoms with Gasteiger partial charge in [-0.15, -0.1) is 0 Å². The number of halogens is 2. The van der Waals surface area contributed by atoms with Crippen LogP contribution in [0.2, 0.25) is 0 Å². The Bertz CT molecular complexity index is 594. The first-order chi connectivity index (χ1) is 7.43. The Balaban J connectivity index is 2.99. The van der Waals surface area contributed by atoms with Crippen LogP contribution in [0.5, 0.6) is 0 Å². The molecule has 84 valence electrons. The van der Waals surface area contributed by atoms with E-state index in [0.29, 0.717) is 10.9 Å². The molecular weight excluding hydrogens is 208 g/mol. The van der Waals surface area contributed by atoms with Gasteiger partial charge in [0.2, 0.25) is 0 Å². The minimum Gasteiger partial charge on any atom is -0.341 e. The predicted octanol–water partition coefficient (Wildman–Crippen LogP) is 3.80. The number of rotatable bonds is 1. The molecule has 0 bridgehead atoms. The summed E-state index contributed by atoms with van der Waals surface area (Å²) < 4.78 is 28.5. The Morgan fingerprint density at radius 3 is 2.50 bits per heavy atom. The molecule has 1 nitrogen and oxygen atoms in total. The van der Waals surface area contributed by atoms with Crippen LogP contribution in [0.25, 0.3) is 16.5 Å². The van der Waals surface area contributed by atoms with Gasteiger partial charge in [-0.1, -0.05) is 6.58 Å². The summed E-state index contributed by atoms with van der Waals surface area (Å²) in [5.74, 6) is -1.08. The highest BCUT2D eigenvalue weighted by Crippen LogP contribution is 2.30. The monoisotopic (exact) mass is 221 g/mol. The zero-order valence-electron chi connectivity index (χ0n) is 9.56. The fraction of sp³-hybridized carbons (Fsp3) is 0.231. The summed E-state index contributed by atoms with van der Waals surface area (Å²) in [6.07, 6.45) is 0. The summed E-state index contributed by atoms with van der Waals surface area (Å²) in [5, 5.41) is 0.609. The lowest BCUT2D eigenvalue weighted by Crippen LogP contribution is -1.95. The fourth-order valence-corrected chi connectivity index (χ4v) is 2.29. The van der Waals surface area contributed by atoms with Gasteiger partial charge in [0.05, 0.1) is 5.52 Å². The van der Waals surface area contributed by atoms with E-state index in [9.17, 15) is 8.78 Å². The second-order valence-corrected chi connectivity index (χ2v) is 4.10. The van der Waals surface area contributed by atoms with E-state index < -0.39 is 11.6 Å². The van der Waals surface area contributed by atoms with Gasteiger partial charge in [-0.2, -0.15) is 0 Å². The maximum atomic E-state index is 13.7. The highest BCUT2D eigenvalue weighted by Gasteiger charge is 2.16. The summed E-state index contributed by atoms with van der Waals surface area (Å²) in [4.78, 5) is 0. The van der Waals surface area contributed by atoms with Gasteiger partial charge in [0, 0.05) is 24.2 Å². The first-order valence-electron chi connectivity index (χ1n) is 5.03. The van der Waals surface area contributed by atoms with Gasteiger partial charge in [0.15, 0.2) is 0 Å². The largest absolute Gasteiger partial charge is 0.341 e. The number of fused-ring (bicyclic) bond motifs is 1. The zero-order valence-corrected chi connectivity index (χ0v) is 9.56. The van der Waals surface area contributed by atoms with Crippen molar-refractivity contribution in [1.82, 2.24) is 4.57 Å². The second kappa shape index (κ2) is 3.44. The van der Waals surface area contributed by atoms with E-state index in [0.717, 1.165) is 22.9 Å². The topological polar surface area (TPSA) is 4.93 Å². The SMILES string of the molecule is C=C(C)c1c(C)c2cc(F)cc(F)c2n1C. The lowest BCUT2D eigenvalue weighted by atomic mass is 10.1. The number of benzene rings is 1. The lowest BCUT2D eigenvalue weighted by Gasteiger charge is -2.04. The molecule has 0 radical (unpaired) electrons. The molecule has 16 heavy (non-hydrogen) atoms. The normalized spacial score (nSPS) is 11.1. The minimum atomic E-state index is -0.549. The van der Waals surface area contributed by atoms with Crippen molar-refractivity contribution in [1.29, 1.82) is 0 Å². The van der Waals surface area contributed by atoms with E-state index in [1.54, 1.807) is 11.6 Å². The third-order valence-corrected chi connectivity index (χ3v) is 2.86. The number of nitrogens with zero attached hydrogens (tertiary/aromatic N) is 1. The van der Waals surface area contributed by atoms with Gasteiger partial charge < -0.3 is 4.57 Å². The van der Waals surface area contributed by atoms with Gasteiger partial charge in [0.1, 0.15) is 11.6 Å². The van der Waals surface area contributed by atoms with Gasteiger partial charge >= 0.3 is 0 Å². The lowest BCUT2D eigenvalue weighted by molar-refractivity contribution is 0.588. The zero-order chi connectivity index (χ0) is 12.0. The van der Waals surface area contributed by atoms with Crippen LogP contribution in [0.3, 0.4) is 0 Å². The molecule has 1 heterocycles. The molecular formula is C13H13F2N. The van der Waals surface area contributed by atoms with Gasteiger partial charge in [-0.3, -0.25) is 0 Å². The van der Waals surface area contributed by atoms with Crippen molar-refractivity contribution in [3.63, 3.8) is 0 Å². The van der Waals surface area contributed by atoms with E-state index in [1.165, 1.54) is 6.07 Å². The molecule has 0 spiro atoms. The van der Waals surface area contributed by atoms with Crippen molar-refractivity contribution in [2.24, 2.45) is 7.05 Å². The summed E-state index contributed by atoms with van der Waals surface area (Å²) in [6, 6.07) is 2.27. The van der Waals surface area contributed by atoms with Crippen molar-refractivity contribution in [2.45, 2.75) is 13.8 Å². The van der Waals surface area contributed by atoms with Crippen LogP contribution in [0.15, 0.2) is 18.7 Å². The Labute approximate surface area is 93.0 Å². The molecule has 0 saturated heterocycles. The quantitative estimate of drug-likeness (QED) is 0.690. The van der Waals surface area contributed by atoms with Crippen molar-refractivity contribution >= 4 is 16.5 Å². The van der Waals surface area contributed by atoms with Crippen LogP contribution in [-0.4, -0.2) is 4.57 Å². The first-order valence-corrected chi connectivity index (χ1v) is 5.03. The average molecular weight is 221 g/mol. The number of aryl methyl sites for hydroxylation is 2. The first kappa shape index (κ1) is 10.9. The van der Waals surface area contributed by atoms with E-state index in [2.05, 4.69) is 6.58 Å². The third-order valence-electron chi connectivity index (χ3n) is 2.86. The highest BCUT2D eigenvalue weighted by molar-refractivity contribution is 5.89. The molecule has 0 N–H and O–H groups in total. The number of aromatic nitrogens is 1. The predicted molar refractivity (Wildman–Crippen MR) is 62.3 cm³/mol. The van der Waals surface area contributed by atoms with Gasteiger partial charge in [-0.25, -0.2) is 8.78 Å². The number of allylic oxidation sites excluding steroid dienone is 1. The molecule has 0 atom stereocenters. The van der Waals surface area contributed by atoms with Crippen LogP contribution in [-0.2, 0) is 7.05 Å². The van der Waals surface area contributed by atoms with Crippen LogP contribution in [0, 0.1) is 18.6 Å². The highest BCUT2D eigenvalue weighted by atomic mass is 19.1. The molecule has 3 heteroatoms. The smallest absolute Gasteiger partial charge is 0.150 e. The van der Waals surface area contributed by atoms with E-state index in [1.807, 2.05) is 13.8 Å². The molecule has 0 amide bonds. The maximum Gasteiger partial charge on any atom is 0.150 e. The van der Waals surface area contributed by atoms with E-state index >= 15 is 0 Å². The average Bonchev–Trinajstić information content (AvgIpc) is 2.38. The molecule has 1 aromatic heterocycles. The molecule has 0 aliphatic carbocycles. The minimum absolute atomic E-state index is 0.428. The summed E-state index contributed by atoms with van der Waals surface area (Å²) in [6.45, 7) is 7.57. The molecule has 0 aliphatic heterocycles. The number of hydrogen-bond donors (Lipinski definition) is 0. The molecule has 0 aliphatic rings. The molecule has 0 saturated carbocycles. The van der Waals surface area contributed by atoms with Crippen LogP contribution in [0.1, 0.15) is 18.2 Å². The Hall–Kier alpha value is -1.64. The van der Waals surface area contributed by atoms with Crippen LogP contribution in [0.4, 0.5) is 8.78 Å². The standard InChI is InChI=1S/C13H13F2N/c1-7(2)12-8(3)10-5-9(14)6-11(15)13(10)16(12)4/h5-6H,1H2,2-4H3. The van der Waals surface area contributed by atoms with Crippen LogP contribution < -0.4 is 0 Å². The molecule has 0 unspecified atom stereocenters. The third kappa shape index (κ3) is 1.35. The number of hydrogen-bond acceptors (Lipinski definition) is 0.